The summed E-state index contributed by atoms with van der Waals surface area (Å²) in [6, 6.07) is 0. The van der Waals surface area contributed by atoms with E-state index in [0.29, 0.717) is 19.0 Å². The Bertz CT molecular complexity index is 223. The van der Waals surface area contributed by atoms with Crippen molar-refractivity contribution in [2.75, 3.05) is 45.4 Å². The van der Waals surface area contributed by atoms with Crippen LogP contribution in [0.25, 0.3) is 0 Å². The number of nitrogens with zero attached hydrogens (tertiary/aromatic N) is 1. The van der Waals surface area contributed by atoms with Gasteiger partial charge in [-0.1, -0.05) is 0 Å². The van der Waals surface area contributed by atoms with E-state index < -0.39 is 0 Å². The maximum atomic E-state index is 11.5. The monoisotopic (exact) mass is 249 g/mol. The van der Waals surface area contributed by atoms with Crippen LogP contribution in [0.1, 0.15) is 6.92 Å². The molecule has 0 spiro atoms. The van der Waals surface area contributed by atoms with Gasteiger partial charge in [0, 0.05) is 19.9 Å². The summed E-state index contributed by atoms with van der Waals surface area (Å²) in [7, 11) is 3.21. The van der Waals surface area contributed by atoms with Gasteiger partial charge >= 0.3 is 5.97 Å². The molecule has 1 amide bonds. The van der Waals surface area contributed by atoms with Gasteiger partial charge in [0.05, 0.1) is 19.0 Å². The molecule has 0 bridgehead atoms. The first-order valence-electron chi connectivity index (χ1n) is 5.08. The van der Waals surface area contributed by atoms with E-state index in [2.05, 4.69) is 0 Å². The molecule has 16 heavy (non-hydrogen) atoms. The van der Waals surface area contributed by atoms with Crippen molar-refractivity contribution in [3.05, 3.63) is 0 Å². The first kappa shape index (κ1) is 15.2. The minimum absolute atomic E-state index is 0.0114. The van der Waals surface area contributed by atoms with Crippen LogP contribution in [0.15, 0.2) is 0 Å². The zero-order chi connectivity index (χ0) is 12.4. The second kappa shape index (κ2) is 9.47. The normalized spacial score (nSPS) is 9.94. The lowest BCUT2D eigenvalue weighted by molar-refractivity contribution is -0.147. The van der Waals surface area contributed by atoms with Gasteiger partial charge in [0.15, 0.2) is 0 Å². The average Bonchev–Trinajstić information content (AvgIpc) is 2.24. The van der Waals surface area contributed by atoms with Gasteiger partial charge in [-0.15, -0.1) is 11.8 Å². The number of thioether (sulfide) groups is 1. The molecule has 0 saturated heterocycles. The molecule has 0 fully saturated rings. The highest BCUT2D eigenvalue weighted by Gasteiger charge is 2.12. The van der Waals surface area contributed by atoms with Gasteiger partial charge in [0.1, 0.15) is 6.54 Å². The molecule has 0 aliphatic rings. The molecule has 0 saturated carbocycles. The summed E-state index contributed by atoms with van der Waals surface area (Å²) in [6.45, 7) is 2.71. The Balaban J connectivity index is 3.68. The SMILES string of the molecule is CCOC(=O)CN(C)C(=O)CSCCOC. The van der Waals surface area contributed by atoms with Crippen LogP contribution < -0.4 is 0 Å². The van der Waals surface area contributed by atoms with Crippen molar-refractivity contribution in [2.24, 2.45) is 0 Å². The Hall–Kier alpha value is -0.750. The van der Waals surface area contributed by atoms with Gasteiger partial charge in [-0.25, -0.2) is 0 Å². The van der Waals surface area contributed by atoms with Crippen molar-refractivity contribution in [1.29, 1.82) is 0 Å². The van der Waals surface area contributed by atoms with E-state index in [1.807, 2.05) is 0 Å². The van der Waals surface area contributed by atoms with Crippen LogP contribution in [0.3, 0.4) is 0 Å². The van der Waals surface area contributed by atoms with Crippen molar-refractivity contribution < 1.29 is 19.1 Å². The molecule has 0 rings (SSSR count). The number of hydrogen-bond acceptors (Lipinski definition) is 5. The second-order valence-corrected chi connectivity index (χ2v) is 4.21. The molecule has 0 aromatic carbocycles. The van der Waals surface area contributed by atoms with Crippen LogP contribution >= 0.6 is 11.8 Å². The van der Waals surface area contributed by atoms with Gasteiger partial charge in [-0.05, 0) is 6.92 Å². The molecule has 6 heteroatoms. The Morgan fingerprint density at radius 2 is 2.06 bits per heavy atom. The van der Waals surface area contributed by atoms with Gasteiger partial charge in [-0.3, -0.25) is 9.59 Å². The van der Waals surface area contributed by atoms with E-state index in [1.54, 1.807) is 21.1 Å². The van der Waals surface area contributed by atoms with Crippen LogP contribution in [0.4, 0.5) is 0 Å². The summed E-state index contributed by atoms with van der Waals surface area (Å²) in [4.78, 5) is 24.0. The average molecular weight is 249 g/mol. The first-order valence-corrected chi connectivity index (χ1v) is 6.23. The molecular formula is C10H19NO4S. The summed E-state index contributed by atoms with van der Waals surface area (Å²) in [5, 5.41) is 0. The van der Waals surface area contributed by atoms with Gasteiger partial charge < -0.3 is 14.4 Å². The Kier molecular flexibility index (Phi) is 9.03. The minimum atomic E-state index is -0.375. The predicted molar refractivity (Wildman–Crippen MR) is 63.5 cm³/mol. The third-order valence-corrected chi connectivity index (χ3v) is 2.66. The number of esters is 1. The number of ether oxygens (including phenoxy) is 2. The molecule has 0 N–H and O–H groups in total. The summed E-state index contributed by atoms with van der Waals surface area (Å²) >= 11 is 1.49. The van der Waals surface area contributed by atoms with Crippen molar-refractivity contribution in [3.63, 3.8) is 0 Å². The smallest absolute Gasteiger partial charge is 0.325 e. The number of methoxy groups -OCH3 is 1. The highest BCUT2D eigenvalue weighted by Crippen LogP contribution is 2.01. The largest absolute Gasteiger partial charge is 0.465 e. The number of rotatable bonds is 8. The van der Waals surface area contributed by atoms with Crippen LogP contribution in [-0.4, -0.2) is 62.2 Å². The Morgan fingerprint density at radius 1 is 1.38 bits per heavy atom. The summed E-state index contributed by atoms with van der Waals surface area (Å²) in [6.07, 6.45) is 0. The second-order valence-electron chi connectivity index (χ2n) is 3.10. The number of hydrogen-bond donors (Lipinski definition) is 0. The van der Waals surface area contributed by atoms with Gasteiger partial charge in [0.2, 0.25) is 5.91 Å². The van der Waals surface area contributed by atoms with Crippen molar-refractivity contribution >= 4 is 23.6 Å². The topological polar surface area (TPSA) is 55.8 Å². The highest BCUT2D eigenvalue weighted by atomic mass is 32.2. The lowest BCUT2D eigenvalue weighted by atomic mass is 10.5. The van der Waals surface area contributed by atoms with E-state index in [9.17, 15) is 9.59 Å². The Morgan fingerprint density at radius 3 is 2.62 bits per heavy atom. The van der Waals surface area contributed by atoms with Crippen LogP contribution in [0, 0.1) is 0 Å². The molecule has 0 aromatic rings. The van der Waals surface area contributed by atoms with E-state index in [4.69, 9.17) is 9.47 Å². The lowest BCUT2D eigenvalue weighted by Crippen LogP contribution is -2.34. The highest BCUT2D eigenvalue weighted by molar-refractivity contribution is 7.99. The zero-order valence-corrected chi connectivity index (χ0v) is 10.8. The van der Waals surface area contributed by atoms with Crippen molar-refractivity contribution in [3.8, 4) is 0 Å². The predicted octanol–water partition coefficient (Wildman–Crippen LogP) is 0.387. The van der Waals surface area contributed by atoms with Gasteiger partial charge in [-0.2, -0.15) is 0 Å². The van der Waals surface area contributed by atoms with E-state index >= 15 is 0 Å². The molecule has 0 radical (unpaired) electrons. The van der Waals surface area contributed by atoms with Crippen LogP contribution in [0.5, 0.6) is 0 Å². The molecule has 94 valence electrons. The third-order valence-electron chi connectivity index (χ3n) is 1.75. The van der Waals surface area contributed by atoms with Crippen LogP contribution in [-0.2, 0) is 19.1 Å². The number of amides is 1. The standard InChI is InChI=1S/C10H19NO4S/c1-4-15-10(13)7-11(2)9(12)8-16-6-5-14-3/h4-8H2,1-3H3. The molecule has 0 aliphatic heterocycles. The first-order chi connectivity index (χ1) is 7.61. The molecule has 0 atom stereocenters. The van der Waals surface area contributed by atoms with E-state index in [1.165, 1.54) is 16.7 Å². The fourth-order valence-electron chi connectivity index (χ4n) is 0.900. The molecule has 0 heterocycles. The summed E-state index contributed by atoms with van der Waals surface area (Å²) in [5.41, 5.74) is 0. The minimum Gasteiger partial charge on any atom is -0.465 e. The maximum absolute atomic E-state index is 11.5. The number of carbonyl (C=O) groups is 2. The van der Waals surface area contributed by atoms with Crippen molar-refractivity contribution in [2.45, 2.75) is 6.92 Å². The molecular weight excluding hydrogens is 230 g/mol. The Labute approximate surface area is 100 Å². The zero-order valence-electron chi connectivity index (χ0n) is 10.0. The number of likely N-dealkylation sites (N-methyl/N-ethyl adjacent to an activating group) is 1. The third kappa shape index (κ3) is 7.53. The maximum Gasteiger partial charge on any atom is 0.325 e. The summed E-state index contributed by atoms with van der Waals surface area (Å²) in [5.74, 6) is 0.684. The lowest BCUT2D eigenvalue weighted by Gasteiger charge is -2.15. The van der Waals surface area contributed by atoms with Crippen molar-refractivity contribution in [1.82, 2.24) is 4.90 Å². The molecule has 0 unspecified atom stereocenters. The van der Waals surface area contributed by atoms with E-state index in [0.717, 1.165) is 5.75 Å². The molecule has 0 aliphatic carbocycles. The quantitative estimate of drug-likeness (QED) is 0.460. The molecule has 5 nitrogen and oxygen atoms in total. The summed E-state index contributed by atoms with van der Waals surface area (Å²) < 4.78 is 9.61. The van der Waals surface area contributed by atoms with E-state index in [-0.39, 0.29) is 18.4 Å². The van der Waals surface area contributed by atoms with Crippen LogP contribution in [0.2, 0.25) is 0 Å². The number of carbonyl (C=O) groups excluding carboxylic acids is 2. The van der Waals surface area contributed by atoms with Gasteiger partial charge in [0.25, 0.3) is 0 Å². The fourth-order valence-corrected chi connectivity index (χ4v) is 1.72. The fraction of sp³-hybridized carbons (Fsp3) is 0.800. The molecule has 0 aromatic heterocycles.